The Hall–Kier alpha value is -1.79. The van der Waals surface area contributed by atoms with Crippen LogP contribution in [0.1, 0.15) is 22.5 Å². The second-order valence-electron chi connectivity index (χ2n) is 2.58. The average molecular weight is 220 g/mol. The Morgan fingerprint density at radius 2 is 2.20 bits per heavy atom. The second-order valence-corrected chi connectivity index (χ2v) is 2.58. The Bertz CT molecular complexity index is 372. The molecule has 1 heterocycles. The van der Waals surface area contributed by atoms with Crippen molar-refractivity contribution in [1.29, 1.82) is 0 Å². The quantitative estimate of drug-likeness (QED) is 0.767. The third kappa shape index (κ3) is 2.17. The van der Waals surface area contributed by atoms with Crippen LogP contribution in [0, 0.1) is 5.82 Å². The number of carbonyl (C=O) groups excluding carboxylic acids is 1. The molecule has 0 fully saturated rings. The Morgan fingerprint density at radius 1 is 1.60 bits per heavy atom. The Morgan fingerprint density at radius 3 is 2.60 bits per heavy atom. The molecule has 0 saturated carbocycles. The number of ether oxygens (including phenoxy) is 1. The number of pyridine rings is 1. The fourth-order valence-electron chi connectivity index (χ4n) is 0.968. The maximum Gasteiger partial charge on any atom is 0.356 e. The number of hydrogen-bond acceptors (Lipinski definition) is 4. The number of nitrogens with two attached hydrogens (primary N) is 1. The monoisotopic (exact) mass is 220 g/mol. The lowest BCUT2D eigenvalue weighted by Gasteiger charge is -2.06. The number of alkyl halides is 2. The Balaban J connectivity index is 3.25. The molecule has 0 spiro atoms. The molecule has 0 aliphatic heterocycles. The van der Waals surface area contributed by atoms with Crippen molar-refractivity contribution in [3.8, 4) is 0 Å². The fraction of sp³-hybridized carbons (Fsp3) is 0.250. The number of anilines is 1. The van der Waals surface area contributed by atoms with Crippen LogP contribution in [-0.4, -0.2) is 18.1 Å². The first kappa shape index (κ1) is 11.3. The second kappa shape index (κ2) is 4.16. The molecule has 1 aromatic rings. The van der Waals surface area contributed by atoms with Crippen molar-refractivity contribution in [2.24, 2.45) is 0 Å². The van der Waals surface area contributed by atoms with E-state index in [-0.39, 0.29) is 0 Å². The third-order valence-electron chi connectivity index (χ3n) is 1.65. The van der Waals surface area contributed by atoms with Crippen LogP contribution >= 0.6 is 0 Å². The van der Waals surface area contributed by atoms with Crippen LogP contribution in [-0.2, 0) is 4.74 Å². The predicted octanol–water partition coefficient (Wildman–Crippen LogP) is 1.53. The molecule has 0 saturated heterocycles. The molecular weight excluding hydrogens is 213 g/mol. The van der Waals surface area contributed by atoms with Crippen molar-refractivity contribution < 1.29 is 22.7 Å². The summed E-state index contributed by atoms with van der Waals surface area (Å²) in [6.07, 6.45) is -3.08. The molecule has 0 radical (unpaired) electrons. The number of carbonyl (C=O) groups is 1. The molecule has 0 aliphatic carbocycles. The van der Waals surface area contributed by atoms with E-state index >= 15 is 0 Å². The fourth-order valence-corrected chi connectivity index (χ4v) is 0.968. The highest BCUT2D eigenvalue weighted by Gasteiger charge is 2.21. The zero-order valence-electron chi connectivity index (χ0n) is 7.63. The first-order valence-electron chi connectivity index (χ1n) is 3.79. The van der Waals surface area contributed by atoms with E-state index in [1.165, 1.54) is 0 Å². The Labute approximate surface area is 82.9 Å². The molecule has 0 atom stereocenters. The number of methoxy groups -OCH3 is 1. The molecule has 0 aliphatic rings. The van der Waals surface area contributed by atoms with Crippen molar-refractivity contribution in [2.75, 3.05) is 12.8 Å². The predicted molar refractivity (Wildman–Crippen MR) is 44.9 cm³/mol. The van der Waals surface area contributed by atoms with E-state index < -0.39 is 35.3 Å². The minimum Gasteiger partial charge on any atom is -0.464 e. The Kier molecular flexibility index (Phi) is 3.13. The van der Waals surface area contributed by atoms with Gasteiger partial charge in [0.1, 0.15) is 11.6 Å². The van der Waals surface area contributed by atoms with Gasteiger partial charge >= 0.3 is 5.97 Å². The summed E-state index contributed by atoms with van der Waals surface area (Å²) < 4.78 is 41.7. The minimum absolute atomic E-state index is 0.447. The van der Waals surface area contributed by atoms with Gasteiger partial charge in [0.25, 0.3) is 6.43 Å². The largest absolute Gasteiger partial charge is 0.464 e. The van der Waals surface area contributed by atoms with Crippen molar-refractivity contribution in [3.63, 3.8) is 0 Å². The minimum atomic E-state index is -3.08. The van der Waals surface area contributed by atoms with E-state index in [1.54, 1.807) is 0 Å². The van der Waals surface area contributed by atoms with E-state index in [1.807, 2.05) is 0 Å². The van der Waals surface area contributed by atoms with Gasteiger partial charge in [-0.3, -0.25) is 0 Å². The van der Waals surface area contributed by atoms with Gasteiger partial charge in [-0.1, -0.05) is 0 Å². The zero-order valence-corrected chi connectivity index (χ0v) is 7.63. The molecule has 82 valence electrons. The zero-order chi connectivity index (χ0) is 11.6. The number of rotatable bonds is 2. The van der Waals surface area contributed by atoms with Gasteiger partial charge < -0.3 is 10.5 Å². The van der Waals surface area contributed by atoms with Gasteiger partial charge in [-0.15, -0.1) is 0 Å². The van der Waals surface area contributed by atoms with Gasteiger partial charge in [-0.2, -0.15) is 0 Å². The van der Waals surface area contributed by atoms with Gasteiger partial charge in [0.2, 0.25) is 0 Å². The standard InChI is InChI=1S/C8H7F3N2O2/c1-15-8(14)4-2-3(9)5(6(10)11)7(12)13-4/h2,6H,1H3,(H2,12,13). The lowest BCUT2D eigenvalue weighted by Crippen LogP contribution is -2.10. The molecule has 4 nitrogen and oxygen atoms in total. The molecule has 0 bridgehead atoms. The normalized spacial score (nSPS) is 10.5. The van der Waals surface area contributed by atoms with Crippen molar-refractivity contribution in [2.45, 2.75) is 6.43 Å². The molecule has 1 aromatic heterocycles. The molecule has 7 heteroatoms. The molecule has 15 heavy (non-hydrogen) atoms. The highest BCUT2D eigenvalue weighted by molar-refractivity contribution is 5.87. The van der Waals surface area contributed by atoms with E-state index in [2.05, 4.69) is 9.72 Å². The highest BCUT2D eigenvalue weighted by atomic mass is 19.3. The number of esters is 1. The SMILES string of the molecule is COC(=O)c1cc(F)c(C(F)F)c(N)n1. The molecule has 0 amide bonds. The van der Waals surface area contributed by atoms with Gasteiger partial charge in [0, 0.05) is 6.07 Å². The summed E-state index contributed by atoms with van der Waals surface area (Å²) in [5.74, 6) is -2.94. The van der Waals surface area contributed by atoms with Crippen LogP contribution in [0.15, 0.2) is 6.07 Å². The van der Waals surface area contributed by atoms with E-state index in [4.69, 9.17) is 5.73 Å². The summed E-state index contributed by atoms with van der Waals surface area (Å²) in [6.45, 7) is 0. The van der Waals surface area contributed by atoms with Gasteiger partial charge in [-0.05, 0) is 0 Å². The van der Waals surface area contributed by atoms with Crippen LogP contribution in [0.2, 0.25) is 0 Å². The third-order valence-corrected chi connectivity index (χ3v) is 1.65. The van der Waals surface area contributed by atoms with E-state index in [9.17, 15) is 18.0 Å². The molecule has 0 unspecified atom stereocenters. The summed E-state index contributed by atoms with van der Waals surface area (Å²) in [5, 5.41) is 0. The number of halogens is 3. The van der Waals surface area contributed by atoms with Gasteiger partial charge in [-0.25, -0.2) is 22.9 Å². The van der Waals surface area contributed by atoms with E-state index in [0.29, 0.717) is 6.07 Å². The molecule has 0 aromatic carbocycles. The summed E-state index contributed by atoms with van der Waals surface area (Å²) in [4.78, 5) is 14.2. The summed E-state index contributed by atoms with van der Waals surface area (Å²) >= 11 is 0. The number of hydrogen-bond donors (Lipinski definition) is 1. The number of nitrogens with zero attached hydrogens (tertiary/aromatic N) is 1. The van der Waals surface area contributed by atoms with Crippen molar-refractivity contribution in [3.05, 3.63) is 23.1 Å². The topological polar surface area (TPSA) is 65.2 Å². The molecular formula is C8H7F3N2O2. The van der Waals surface area contributed by atoms with Gasteiger partial charge in [0.15, 0.2) is 5.69 Å². The maximum absolute atomic E-state index is 13.1. The highest BCUT2D eigenvalue weighted by Crippen LogP contribution is 2.26. The summed E-state index contributed by atoms with van der Waals surface area (Å²) in [7, 11) is 1.05. The first-order chi connectivity index (χ1) is 6.97. The van der Waals surface area contributed by atoms with Crippen LogP contribution in [0.3, 0.4) is 0 Å². The molecule has 2 N–H and O–H groups in total. The first-order valence-corrected chi connectivity index (χ1v) is 3.79. The lowest BCUT2D eigenvalue weighted by atomic mass is 10.2. The van der Waals surface area contributed by atoms with Crippen LogP contribution in [0.5, 0.6) is 0 Å². The number of nitrogen functional groups attached to an aromatic ring is 1. The summed E-state index contributed by atoms with van der Waals surface area (Å²) in [6, 6.07) is 0.559. The lowest BCUT2D eigenvalue weighted by molar-refractivity contribution is 0.0592. The van der Waals surface area contributed by atoms with Crippen LogP contribution < -0.4 is 5.73 Å². The van der Waals surface area contributed by atoms with Gasteiger partial charge in [0.05, 0.1) is 12.7 Å². The number of aromatic nitrogens is 1. The molecule has 1 rings (SSSR count). The van der Waals surface area contributed by atoms with Crippen molar-refractivity contribution >= 4 is 11.8 Å². The van der Waals surface area contributed by atoms with Crippen LogP contribution in [0.4, 0.5) is 19.0 Å². The maximum atomic E-state index is 13.1. The average Bonchev–Trinajstić information content (AvgIpc) is 2.14. The van der Waals surface area contributed by atoms with Crippen LogP contribution in [0.25, 0.3) is 0 Å². The van der Waals surface area contributed by atoms with Crippen molar-refractivity contribution in [1.82, 2.24) is 4.98 Å². The summed E-state index contributed by atoms with van der Waals surface area (Å²) in [5.41, 5.74) is 3.62. The smallest absolute Gasteiger partial charge is 0.356 e. The van der Waals surface area contributed by atoms with E-state index in [0.717, 1.165) is 7.11 Å².